The van der Waals surface area contributed by atoms with Gasteiger partial charge in [-0.2, -0.15) is 13.2 Å². The van der Waals surface area contributed by atoms with Crippen LogP contribution in [0.2, 0.25) is 0 Å². The Labute approximate surface area is 93.9 Å². The molecule has 2 heterocycles. The van der Waals surface area contributed by atoms with Crippen molar-refractivity contribution in [2.24, 2.45) is 0 Å². The summed E-state index contributed by atoms with van der Waals surface area (Å²) in [6.07, 6.45) is -4.62. The highest BCUT2D eigenvalue weighted by atomic mass is 32.1. The average molecular weight is 254 g/mol. The van der Waals surface area contributed by atoms with Gasteiger partial charge in [0.05, 0.1) is 0 Å². The molecule has 1 aromatic rings. The minimum Gasteiger partial charge on any atom is -0.360 e. The average Bonchev–Trinajstić information content (AvgIpc) is 2.61. The monoisotopic (exact) mass is 254 g/mol. The number of hydrogen-bond donors (Lipinski definition) is 1. The highest BCUT2D eigenvalue weighted by molar-refractivity contribution is 7.14. The summed E-state index contributed by atoms with van der Waals surface area (Å²) >= 11 is 0.813. The van der Waals surface area contributed by atoms with Crippen LogP contribution in [-0.2, 0) is 6.18 Å². The Morgan fingerprint density at radius 3 is 2.44 bits per heavy atom. The van der Waals surface area contributed by atoms with E-state index in [-0.39, 0.29) is 5.00 Å². The Hall–Kier alpha value is -0.820. The van der Waals surface area contributed by atoms with Crippen LogP contribution in [0.3, 0.4) is 0 Å². The number of hydrogen-bond acceptors (Lipinski definition) is 3. The van der Waals surface area contributed by atoms with Gasteiger partial charge in [-0.25, -0.2) is 4.39 Å². The molecule has 90 valence electrons. The Kier molecular flexibility index (Phi) is 3.07. The zero-order valence-corrected chi connectivity index (χ0v) is 9.09. The van der Waals surface area contributed by atoms with E-state index < -0.39 is 17.6 Å². The maximum absolute atomic E-state index is 13.1. The van der Waals surface area contributed by atoms with E-state index in [1.54, 1.807) is 4.90 Å². The van der Waals surface area contributed by atoms with Gasteiger partial charge >= 0.3 is 6.18 Å². The third-order valence-electron chi connectivity index (χ3n) is 2.41. The van der Waals surface area contributed by atoms with Gasteiger partial charge in [0.25, 0.3) is 0 Å². The van der Waals surface area contributed by atoms with Gasteiger partial charge in [-0.1, -0.05) is 0 Å². The van der Waals surface area contributed by atoms with Crippen molar-refractivity contribution >= 4 is 16.3 Å². The minimum atomic E-state index is -4.62. The molecule has 0 atom stereocenters. The van der Waals surface area contributed by atoms with Gasteiger partial charge in [0.1, 0.15) is 16.4 Å². The van der Waals surface area contributed by atoms with E-state index in [2.05, 4.69) is 5.32 Å². The summed E-state index contributed by atoms with van der Waals surface area (Å²) in [5.41, 5.74) is -1.13. The standard InChI is InChI=1S/C9H10F4N2S/c10-6-5-16-8(7(6)9(11,12)13)15-3-1-14-2-4-15/h5,14H,1-4H2. The molecule has 1 aromatic heterocycles. The summed E-state index contributed by atoms with van der Waals surface area (Å²) < 4.78 is 51.0. The maximum Gasteiger partial charge on any atom is 0.422 e. The van der Waals surface area contributed by atoms with Gasteiger partial charge in [-0.15, -0.1) is 11.3 Å². The van der Waals surface area contributed by atoms with Crippen LogP contribution in [0, 0.1) is 5.82 Å². The van der Waals surface area contributed by atoms with Crippen LogP contribution in [-0.4, -0.2) is 26.2 Å². The topological polar surface area (TPSA) is 15.3 Å². The highest BCUT2D eigenvalue weighted by Gasteiger charge is 2.39. The second kappa shape index (κ2) is 4.21. The molecule has 7 heteroatoms. The first-order valence-electron chi connectivity index (χ1n) is 4.80. The minimum absolute atomic E-state index is 0.00787. The fourth-order valence-corrected chi connectivity index (χ4v) is 2.68. The Morgan fingerprint density at radius 2 is 1.88 bits per heavy atom. The van der Waals surface area contributed by atoms with E-state index in [4.69, 9.17) is 0 Å². The number of nitrogens with one attached hydrogen (secondary N) is 1. The van der Waals surface area contributed by atoms with Crippen LogP contribution in [0.1, 0.15) is 5.56 Å². The number of thiophene rings is 1. The zero-order valence-electron chi connectivity index (χ0n) is 8.27. The van der Waals surface area contributed by atoms with Crippen molar-refractivity contribution in [3.8, 4) is 0 Å². The molecule has 2 rings (SSSR count). The molecule has 0 spiro atoms. The summed E-state index contributed by atoms with van der Waals surface area (Å²) in [6.45, 7) is 2.19. The number of nitrogens with zero attached hydrogens (tertiary/aromatic N) is 1. The second-order valence-electron chi connectivity index (χ2n) is 3.50. The van der Waals surface area contributed by atoms with Crippen LogP contribution in [0.25, 0.3) is 0 Å². The van der Waals surface area contributed by atoms with E-state index in [1.165, 1.54) is 0 Å². The molecule has 1 saturated heterocycles. The van der Waals surface area contributed by atoms with E-state index in [0.29, 0.717) is 26.2 Å². The molecule has 1 aliphatic heterocycles. The fourth-order valence-electron chi connectivity index (χ4n) is 1.68. The Bertz CT molecular complexity index is 368. The summed E-state index contributed by atoms with van der Waals surface area (Å²) in [6, 6.07) is 0. The van der Waals surface area contributed by atoms with E-state index in [1.807, 2.05) is 0 Å². The van der Waals surface area contributed by atoms with Crippen LogP contribution < -0.4 is 10.2 Å². The lowest BCUT2D eigenvalue weighted by Gasteiger charge is -2.29. The fraction of sp³-hybridized carbons (Fsp3) is 0.556. The molecular weight excluding hydrogens is 244 g/mol. The molecule has 0 aromatic carbocycles. The number of halogens is 4. The zero-order chi connectivity index (χ0) is 11.8. The number of piperazine rings is 1. The molecule has 0 unspecified atom stereocenters. The molecule has 1 N–H and O–H groups in total. The van der Waals surface area contributed by atoms with Gasteiger partial charge in [-0.3, -0.25) is 0 Å². The lowest BCUT2D eigenvalue weighted by molar-refractivity contribution is -0.139. The quantitative estimate of drug-likeness (QED) is 0.774. The molecule has 2 nitrogen and oxygen atoms in total. The lowest BCUT2D eigenvalue weighted by atomic mass is 10.2. The molecule has 0 radical (unpaired) electrons. The molecular formula is C9H10F4N2S. The van der Waals surface area contributed by atoms with Crippen molar-refractivity contribution in [2.45, 2.75) is 6.18 Å². The van der Waals surface area contributed by atoms with Gasteiger partial charge in [0.15, 0.2) is 0 Å². The lowest BCUT2D eigenvalue weighted by Crippen LogP contribution is -2.43. The molecule has 16 heavy (non-hydrogen) atoms. The van der Waals surface area contributed by atoms with E-state index >= 15 is 0 Å². The van der Waals surface area contributed by atoms with Crippen LogP contribution in [0.15, 0.2) is 5.38 Å². The van der Waals surface area contributed by atoms with Crippen molar-refractivity contribution in [1.82, 2.24) is 5.32 Å². The van der Waals surface area contributed by atoms with Crippen LogP contribution in [0.5, 0.6) is 0 Å². The largest absolute Gasteiger partial charge is 0.422 e. The Morgan fingerprint density at radius 1 is 1.25 bits per heavy atom. The second-order valence-corrected chi connectivity index (χ2v) is 4.36. The number of alkyl halides is 3. The first-order valence-corrected chi connectivity index (χ1v) is 5.68. The van der Waals surface area contributed by atoms with Crippen molar-refractivity contribution in [3.63, 3.8) is 0 Å². The smallest absolute Gasteiger partial charge is 0.360 e. The van der Waals surface area contributed by atoms with Crippen LogP contribution in [0.4, 0.5) is 22.6 Å². The van der Waals surface area contributed by atoms with Gasteiger partial charge < -0.3 is 10.2 Å². The molecule has 0 bridgehead atoms. The first kappa shape index (κ1) is 11.7. The summed E-state index contributed by atoms with van der Waals surface area (Å²) in [5, 5.41) is 3.95. The van der Waals surface area contributed by atoms with E-state index in [0.717, 1.165) is 16.7 Å². The number of anilines is 1. The van der Waals surface area contributed by atoms with Gasteiger partial charge in [0.2, 0.25) is 0 Å². The molecule has 1 fully saturated rings. The normalized spacial score (nSPS) is 17.9. The maximum atomic E-state index is 13.1. The van der Waals surface area contributed by atoms with Crippen molar-refractivity contribution in [2.75, 3.05) is 31.1 Å². The van der Waals surface area contributed by atoms with E-state index in [9.17, 15) is 17.6 Å². The Balaban J connectivity index is 2.33. The van der Waals surface area contributed by atoms with Crippen molar-refractivity contribution < 1.29 is 17.6 Å². The number of rotatable bonds is 1. The third-order valence-corrected chi connectivity index (χ3v) is 3.42. The van der Waals surface area contributed by atoms with Crippen molar-refractivity contribution in [3.05, 3.63) is 16.8 Å². The highest BCUT2D eigenvalue weighted by Crippen LogP contribution is 2.42. The van der Waals surface area contributed by atoms with Gasteiger partial charge in [-0.05, 0) is 0 Å². The summed E-state index contributed by atoms with van der Waals surface area (Å²) in [4.78, 5) is 1.58. The van der Waals surface area contributed by atoms with Crippen molar-refractivity contribution in [1.29, 1.82) is 0 Å². The predicted molar refractivity (Wildman–Crippen MR) is 54.4 cm³/mol. The summed E-state index contributed by atoms with van der Waals surface area (Å²) in [7, 11) is 0. The summed E-state index contributed by atoms with van der Waals surface area (Å²) in [5.74, 6) is -1.17. The molecule has 1 aliphatic rings. The van der Waals surface area contributed by atoms with Gasteiger partial charge in [0, 0.05) is 31.6 Å². The first-order chi connectivity index (χ1) is 7.50. The van der Waals surface area contributed by atoms with Crippen LogP contribution >= 0.6 is 11.3 Å². The molecule has 0 saturated carbocycles. The predicted octanol–water partition coefficient (Wildman–Crippen LogP) is 2.32. The SMILES string of the molecule is Fc1csc(N2CCNCC2)c1C(F)(F)F. The molecule has 0 aliphatic carbocycles. The molecule has 0 amide bonds. The third kappa shape index (κ3) is 2.15.